The second kappa shape index (κ2) is 5.69. The van der Waals surface area contributed by atoms with Gasteiger partial charge in [-0.1, -0.05) is 0 Å². The van der Waals surface area contributed by atoms with E-state index in [1.807, 2.05) is 0 Å². The molecule has 1 aliphatic heterocycles. The van der Waals surface area contributed by atoms with Crippen LogP contribution >= 0.6 is 0 Å². The number of carbonyl (C=O) groups is 2. The summed E-state index contributed by atoms with van der Waals surface area (Å²) < 4.78 is 5.32. The number of aromatic nitrogens is 1. The van der Waals surface area contributed by atoms with Crippen LogP contribution in [0.5, 0.6) is 0 Å². The number of morpholine rings is 1. The number of aromatic amines is 1. The van der Waals surface area contributed by atoms with Gasteiger partial charge in [0.25, 0.3) is 5.91 Å². The Hall–Kier alpha value is -2.15. The highest BCUT2D eigenvalue weighted by Crippen LogP contribution is 2.20. The Labute approximate surface area is 121 Å². The zero-order chi connectivity index (χ0) is 14.8. The molecule has 21 heavy (non-hydrogen) atoms. The molecule has 1 unspecified atom stereocenters. The van der Waals surface area contributed by atoms with Gasteiger partial charge in [-0.05, 0) is 18.9 Å². The highest BCUT2D eigenvalue weighted by atomic mass is 16.5. The Morgan fingerprint density at radius 1 is 1.38 bits per heavy atom. The fourth-order valence-electron chi connectivity index (χ4n) is 2.33. The number of pyridine rings is 1. The smallest absolute Gasteiger partial charge is 0.254 e. The van der Waals surface area contributed by atoms with E-state index in [2.05, 4.69) is 10.3 Å². The molecule has 1 aromatic heterocycles. The second-order valence-electron chi connectivity index (χ2n) is 5.31. The minimum atomic E-state index is -0.633. The Morgan fingerprint density at radius 2 is 2.19 bits per heavy atom. The first-order valence-corrected chi connectivity index (χ1v) is 7.03. The van der Waals surface area contributed by atoms with Crippen molar-refractivity contribution in [1.82, 2.24) is 15.2 Å². The van der Waals surface area contributed by atoms with Crippen molar-refractivity contribution in [3.63, 3.8) is 0 Å². The summed E-state index contributed by atoms with van der Waals surface area (Å²) in [6.45, 7) is 0.921. The van der Waals surface area contributed by atoms with Crippen molar-refractivity contribution < 1.29 is 14.3 Å². The third kappa shape index (κ3) is 3.13. The van der Waals surface area contributed by atoms with Crippen LogP contribution in [0.15, 0.2) is 23.1 Å². The number of nitrogens with one attached hydrogen (secondary N) is 2. The van der Waals surface area contributed by atoms with Gasteiger partial charge >= 0.3 is 0 Å². The summed E-state index contributed by atoms with van der Waals surface area (Å²) >= 11 is 0. The lowest BCUT2D eigenvalue weighted by Gasteiger charge is -2.34. The lowest BCUT2D eigenvalue weighted by atomic mass is 10.1. The zero-order valence-electron chi connectivity index (χ0n) is 11.5. The Kier molecular flexibility index (Phi) is 3.74. The van der Waals surface area contributed by atoms with Crippen LogP contribution in [-0.4, -0.2) is 53.5 Å². The van der Waals surface area contributed by atoms with Crippen molar-refractivity contribution in [2.24, 2.45) is 0 Å². The molecule has 0 spiro atoms. The molecule has 2 N–H and O–H groups in total. The molecule has 1 aliphatic carbocycles. The first-order valence-electron chi connectivity index (χ1n) is 7.03. The van der Waals surface area contributed by atoms with Gasteiger partial charge in [-0.25, -0.2) is 0 Å². The van der Waals surface area contributed by atoms with Crippen molar-refractivity contribution >= 4 is 11.8 Å². The van der Waals surface area contributed by atoms with Crippen LogP contribution in [0.2, 0.25) is 0 Å². The number of ether oxygens (including phenoxy) is 1. The summed E-state index contributed by atoms with van der Waals surface area (Å²) in [6, 6.07) is 2.38. The van der Waals surface area contributed by atoms with Gasteiger partial charge in [0, 0.05) is 30.4 Å². The molecule has 0 bridgehead atoms. The molecule has 2 amide bonds. The maximum absolute atomic E-state index is 12.5. The van der Waals surface area contributed by atoms with Crippen LogP contribution in [0, 0.1) is 0 Å². The molecule has 7 nitrogen and oxygen atoms in total. The van der Waals surface area contributed by atoms with Crippen molar-refractivity contribution in [2.75, 3.05) is 19.8 Å². The predicted molar refractivity (Wildman–Crippen MR) is 73.9 cm³/mol. The quantitative estimate of drug-likeness (QED) is 0.785. The molecular weight excluding hydrogens is 274 g/mol. The lowest BCUT2D eigenvalue weighted by molar-refractivity contribution is -0.130. The van der Waals surface area contributed by atoms with E-state index < -0.39 is 6.04 Å². The molecule has 2 heterocycles. The fraction of sp³-hybridized carbons (Fsp3) is 0.500. The predicted octanol–water partition coefficient (Wildman–Crippen LogP) is -0.505. The lowest BCUT2D eigenvalue weighted by Crippen LogP contribution is -2.56. The van der Waals surface area contributed by atoms with Gasteiger partial charge in [0.2, 0.25) is 11.5 Å². The van der Waals surface area contributed by atoms with Crippen molar-refractivity contribution in [2.45, 2.75) is 24.9 Å². The van der Waals surface area contributed by atoms with Crippen LogP contribution in [0.1, 0.15) is 23.2 Å². The zero-order valence-corrected chi connectivity index (χ0v) is 11.5. The second-order valence-corrected chi connectivity index (χ2v) is 5.31. The van der Waals surface area contributed by atoms with E-state index in [9.17, 15) is 14.4 Å². The largest absolute Gasteiger partial charge is 0.377 e. The topological polar surface area (TPSA) is 91.5 Å². The van der Waals surface area contributed by atoms with Gasteiger partial charge in [0.1, 0.15) is 6.04 Å². The number of hydrogen-bond acceptors (Lipinski definition) is 4. The highest BCUT2D eigenvalue weighted by molar-refractivity contribution is 5.97. The summed E-state index contributed by atoms with van der Waals surface area (Å²) in [5.41, 5.74) is -0.0574. The minimum Gasteiger partial charge on any atom is -0.377 e. The molecule has 1 saturated heterocycles. The van der Waals surface area contributed by atoms with Crippen LogP contribution in [-0.2, 0) is 9.53 Å². The molecule has 1 saturated carbocycles. The molecule has 0 aromatic carbocycles. The van der Waals surface area contributed by atoms with Crippen molar-refractivity contribution in [1.29, 1.82) is 0 Å². The summed E-state index contributed by atoms with van der Waals surface area (Å²) in [6.07, 6.45) is 3.40. The third-order valence-electron chi connectivity index (χ3n) is 3.64. The molecular formula is C14H17N3O4. The molecule has 2 fully saturated rings. The first kappa shape index (κ1) is 13.8. The number of hydrogen-bond donors (Lipinski definition) is 2. The summed E-state index contributed by atoms with van der Waals surface area (Å²) in [5, 5.41) is 2.89. The maximum atomic E-state index is 12.5. The van der Waals surface area contributed by atoms with E-state index in [1.165, 1.54) is 23.2 Å². The maximum Gasteiger partial charge on any atom is 0.254 e. The van der Waals surface area contributed by atoms with E-state index in [0.29, 0.717) is 13.2 Å². The molecule has 7 heteroatoms. The van der Waals surface area contributed by atoms with Gasteiger partial charge < -0.3 is 19.9 Å². The molecule has 3 rings (SSSR count). The van der Waals surface area contributed by atoms with Crippen molar-refractivity contribution in [3.05, 3.63) is 34.2 Å². The monoisotopic (exact) mass is 291 g/mol. The summed E-state index contributed by atoms with van der Waals surface area (Å²) in [7, 11) is 0. The molecule has 0 radical (unpaired) electrons. The third-order valence-corrected chi connectivity index (χ3v) is 3.64. The average Bonchev–Trinajstić information content (AvgIpc) is 3.30. The van der Waals surface area contributed by atoms with Crippen LogP contribution < -0.4 is 10.9 Å². The Balaban J connectivity index is 1.78. The van der Waals surface area contributed by atoms with Crippen LogP contribution in [0.25, 0.3) is 0 Å². The van der Waals surface area contributed by atoms with Crippen molar-refractivity contribution in [3.8, 4) is 0 Å². The van der Waals surface area contributed by atoms with Gasteiger partial charge in [-0.15, -0.1) is 0 Å². The number of nitrogens with zero attached hydrogens (tertiary/aromatic N) is 1. The van der Waals surface area contributed by atoms with E-state index in [1.54, 1.807) is 0 Å². The van der Waals surface area contributed by atoms with Gasteiger partial charge in [0.15, 0.2) is 0 Å². The average molecular weight is 291 g/mol. The normalized spacial score (nSPS) is 21.9. The van der Waals surface area contributed by atoms with E-state index >= 15 is 0 Å². The van der Waals surface area contributed by atoms with Gasteiger partial charge in [0.05, 0.1) is 13.2 Å². The van der Waals surface area contributed by atoms with E-state index in [-0.39, 0.29) is 35.6 Å². The van der Waals surface area contributed by atoms with Crippen LogP contribution in [0.3, 0.4) is 0 Å². The molecule has 2 aliphatic rings. The number of H-pyrrole nitrogens is 1. The van der Waals surface area contributed by atoms with Gasteiger partial charge in [-0.2, -0.15) is 0 Å². The molecule has 1 atom stereocenters. The SMILES string of the molecule is O=C(NC1CC1)C1COCCN1C(=O)c1cc[nH]c(=O)c1. The first-order chi connectivity index (χ1) is 10.1. The standard InChI is InChI=1S/C14H17N3O4/c18-12-7-9(3-4-15-12)14(20)17-5-6-21-8-11(17)13(19)16-10-1-2-10/h3-4,7,10-11H,1-2,5-6,8H2,(H,15,18)(H,16,19). The number of carbonyl (C=O) groups excluding carboxylic acids is 2. The Bertz CT molecular complexity index is 608. The fourth-order valence-corrected chi connectivity index (χ4v) is 2.33. The number of amides is 2. The minimum absolute atomic E-state index is 0.185. The summed E-state index contributed by atoms with van der Waals surface area (Å²) in [5.74, 6) is -0.504. The molecule has 112 valence electrons. The highest BCUT2D eigenvalue weighted by Gasteiger charge is 2.35. The van der Waals surface area contributed by atoms with Crippen LogP contribution in [0.4, 0.5) is 0 Å². The van der Waals surface area contributed by atoms with Gasteiger partial charge in [-0.3, -0.25) is 14.4 Å². The molecule has 1 aromatic rings. The van der Waals surface area contributed by atoms with E-state index in [0.717, 1.165) is 12.8 Å². The van der Waals surface area contributed by atoms with E-state index in [4.69, 9.17) is 4.74 Å². The Morgan fingerprint density at radius 3 is 2.90 bits per heavy atom. The number of rotatable bonds is 3. The summed E-state index contributed by atoms with van der Waals surface area (Å²) in [4.78, 5) is 40.0.